The van der Waals surface area contributed by atoms with Gasteiger partial charge in [0.2, 0.25) is 0 Å². The number of rotatable bonds is 7. The minimum atomic E-state index is -0.219. The highest BCUT2D eigenvalue weighted by Gasteiger charge is 2.63. The molecule has 2 fully saturated rings. The first-order chi connectivity index (χ1) is 15.8. The Kier molecular flexibility index (Phi) is 6.54. The number of carbonyl (C=O) groups is 1. The monoisotopic (exact) mass is 468 g/mol. The van der Waals surface area contributed by atoms with E-state index >= 15 is 0 Å². The molecule has 0 bridgehead atoms. The van der Waals surface area contributed by atoms with Crippen molar-refractivity contribution >= 4 is 6.47 Å². The lowest BCUT2D eigenvalue weighted by atomic mass is 9.44. The van der Waals surface area contributed by atoms with E-state index in [0.717, 1.165) is 51.4 Å². The summed E-state index contributed by atoms with van der Waals surface area (Å²) in [6.07, 6.45) is 12.9. The zero-order valence-electron chi connectivity index (χ0n) is 22.7. The Morgan fingerprint density at radius 2 is 1.85 bits per heavy atom. The third-order valence-corrected chi connectivity index (χ3v) is 11.5. The molecular formula is C31H48O3. The van der Waals surface area contributed by atoms with Gasteiger partial charge >= 0.3 is 0 Å². The first-order valence-electron chi connectivity index (χ1n) is 13.7. The molecule has 0 aromatic heterocycles. The van der Waals surface area contributed by atoms with Gasteiger partial charge in [0.1, 0.15) is 6.10 Å². The second-order valence-corrected chi connectivity index (χ2v) is 13.5. The van der Waals surface area contributed by atoms with Crippen molar-refractivity contribution in [2.24, 2.45) is 39.4 Å². The minimum absolute atomic E-state index is 0.0499. The summed E-state index contributed by atoms with van der Waals surface area (Å²) >= 11 is 0. The molecule has 3 heteroatoms. The van der Waals surface area contributed by atoms with E-state index in [-0.39, 0.29) is 33.9 Å². The second-order valence-electron chi connectivity index (χ2n) is 13.5. The van der Waals surface area contributed by atoms with E-state index in [2.05, 4.69) is 67.2 Å². The van der Waals surface area contributed by atoms with Gasteiger partial charge in [-0.15, -0.1) is 0 Å². The Balaban J connectivity index is 1.67. The van der Waals surface area contributed by atoms with E-state index in [1.54, 1.807) is 11.1 Å². The summed E-state index contributed by atoms with van der Waals surface area (Å²) in [6.45, 7) is 21.3. The predicted molar refractivity (Wildman–Crippen MR) is 139 cm³/mol. The molecule has 0 radical (unpaired) electrons. The normalized spacial score (nSPS) is 41.5. The molecule has 4 rings (SSSR count). The summed E-state index contributed by atoms with van der Waals surface area (Å²) < 4.78 is 5.81. The third kappa shape index (κ3) is 3.59. The van der Waals surface area contributed by atoms with Crippen molar-refractivity contribution in [3.8, 4) is 0 Å². The maximum Gasteiger partial charge on any atom is 0.293 e. The van der Waals surface area contributed by atoms with Crippen LogP contribution >= 0.6 is 0 Å². The van der Waals surface area contributed by atoms with Crippen LogP contribution in [-0.4, -0.2) is 23.8 Å². The van der Waals surface area contributed by atoms with E-state index in [1.165, 1.54) is 5.57 Å². The Morgan fingerprint density at radius 1 is 1.15 bits per heavy atom. The van der Waals surface area contributed by atoms with Crippen molar-refractivity contribution in [3.05, 3.63) is 35.5 Å². The average molecular weight is 469 g/mol. The number of carbonyl (C=O) groups excluding carboxylic acids is 1. The number of hydrogen-bond donors (Lipinski definition) is 1. The summed E-state index contributed by atoms with van der Waals surface area (Å²) in [5, 5.41) is 10.8. The van der Waals surface area contributed by atoms with Crippen molar-refractivity contribution in [1.29, 1.82) is 0 Å². The van der Waals surface area contributed by atoms with Gasteiger partial charge in [-0.3, -0.25) is 4.79 Å². The molecule has 4 aliphatic rings. The zero-order chi connectivity index (χ0) is 25.1. The smallest absolute Gasteiger partial charge is 0.293 e. The van der Waals surface area contributed by atoms with Crippen LogP contribution in [0.3, 0.4) is 0 Å². The summed E-state index contributed by atoms with van der Waals surface area (Å²) in [5.41, 5.74) is 4.58. The lowest BCUT2D eigenvalue weighted by Crippen LogP contribution is -2.54. The van der Waals surface area contributed by atoms with Gasteiger partial charge in [0.05, 0.1) is 6.10 Å². The van der Waals surface area contributed by atoms with E-state index in [9.17, 15) is 9.90 Å². The standard InChI is InChI=1S/C31H48O3/c1-20(2)21(3)9-11-25(34-19-32)24-14-18-30(7)23-10-12-26-28(4,5)27(33)15-16-29(26,6)22(23)13-17-31(24,30)8/h10,13,19-20,24-27,33H,3,9,11-12,14-18H2,1-2,4-8H3/t24?,25-,26+,27+,29-,30+,31-/m1/s1. The molecule has 4 aliphatic carbocycles. The lowest BCUT2D eigenvalue weighted by Gasteiger charge is -2.61. The Morgan fingerprint density at radius 3 is 2.50 bits per heavy atom. The molecule has 0 saturated heterocycles. The van der Waals surface area contributed by atoms with Gasteiger partial charge in [-0.25, -0.2) is 0 Å². The molecule has 7 atom stereocenters. The highest BCUT2D eigenvalue weighted by molar-refractivity contribution is 5.50. The Bertz CT molecular complexity index is 894. The maximum atomic E-state index is 11.5. The van der Waals surface area contributed by atoms with Crippen LogP contribution in [0.25, 0.3) is 0 Å². The van der Waals surface area contributed by atoms with Crippen molar-refractivity contribution in [2.75, 3.05) is 0 Å². The van der Waals surface area contributed by atoms with E-state index in [4.69, 9.17) is 4.74 Å². The van der Waals surface area contributed by atoms with Gasteiger partial charge in [0, 0.05) is 5.92 Å². The molecule has 190 valence electrons. The van der Waals surface area contributed by atoms with E-state index in [1.807, 2.05) is 0 Å². The van der Waals surface area contributed by atoms with Crippen LogP contribution in [-0.2, 0) is 9.53 Å². The first kappa shape index (κ1) is 25.7. The van der Waals surface area contributed by atoms with Gasteiger partial charge < -0.3 is 9.84 Å². The van der Waals surface area contributed by atoms with Crippen molar-refractivity contribution in [2.45, 2.75) is 112 Å². The summed E-state index contributed by atoms with van der Waals surface area (Å²) in [5.74, 6) is 1.29. The fourth-order valence-electron chi connectivity index (χ4n) is 8.68. The molecule has 3 nitrogen and oxygen atoms in total. The summed E-state index contributed by atoms with van der Waals surface area (Å²) in [6, 6.07) is 0. The largest absolute Gasteiger partial charge is 0.464 e. The van der Waals surface area contributed by atoms with Crippen LogP contribution in [0.2, 0.25) is 0 Å². The van der Waals surface area contributed by atoms with Crippen molar-refractivity contribution in [3.63, 3.8) is 0 Å². The molecule has 0 spiro atoms. The molecule has 0 aromatic rings. The molecule has 1 N–H and O–H groups in total. The predicted octanol–water partition coefficient (Wildman–Crippen LogP) is 7.41. The highest BCUT2D eigenvalue weighted by atomic mass is 16.5. The van der Waals surface area contributed by atoms with Crippen LogP contribution in [0.15, 0.2) is 35.5 Å². The van der Waals surface area contributed by atoms with Gasteiger partial charge in [-0.05, 0) is 96.0 Å². The van der Waals surface area contributed by atoms with Gasteiger partial charge in [0.25, 0.3) is 6.47 Å². The van der Waals surface area contributed by atoms with Crippen molar-refractivity contribution in [1.82, 2.24) is 0 Å². The van der Waals surface area contributed by atoms with Gasteiger partial charge in [-0.2, -0.15) is 0 Å². The number of allylic oxidation sites excluding steroid dienone is 5. The summed E-state index contributed by atoms with van der Waals surface area (Å²) in [7, 11) is 0. The van der Waals surface area contributed by atoms with Gasteiger partial charge in [0.15, 0.2) is 0 Å². The third-order valence-electron chi connectivity index (χ3n) is 11.5. The number of fused-ring (bicyclic) bond motifs is 5. The van der Waals surface area contributed by atoms with Crippen LogP contribution in [0.4, 0.5) is 0 Å². The van der Waals surface area contributed by atoms with Crippen LogP contribution < -0.4 is 0 Å². The SMILES string of the molecule is C=C(CC[C@@H](OC=O)C1CC[C@@]2(C)C3=CC[C@H]4C(C)(C)[C@@H](O)CC[C@]4(C)C3=CC[C@]12C)C(C)C. The lowest BCUT2D eigenvalue weighted by molar-refractivity contribution is -0.140. The Labute approximate surface area is 208 Å². The highest BCUT2D eigenvalue weighted by Crippen LogP contribution is 2.71. The molecule has 0 aromatic carbocycles. The van der Waals surface area contributed by atoms with Crippen LogP contribution in [0.1, 0.15) is 99.8 Å². The minimum Gasteiger partial charge on any atom is -0.464 e. The molecular weight excluding hydrogens is 420 g/mol. The van der Waals surface area contributed by atoms with Crippen LogP contribution in [0.5, 0.6) is 0 Å². The van der Waals surface area contributed by atoms with Crippen molar-refractivity contribution < 1.29 is 14.6 Å². The van der Waals surface area contributed by atoms with E-state index in [0.29, 0.717) is 24.2 Å². The second kappa shape index (κ2) is 8.64. The maximum absolute atomic E-state index is 11.5. The summed E-state index contributed by atoms with van der Waals surface area (Å²) in [4.78, 5) is 11.5. The van der Waals surface area contributed by atoms with Gasteiger partial charge in [-0.1, -0.05) is 72.8 Å². The Hall–Kier alpha value is -1.35. The quantitative estimate of drug-likeness (QED) is 0.313. The fourth-order valence-corrected chi connectivity index (χ4v) is 8.68. The zero-order valence-corrected chi connectivity index (χ0v) is 22.7. The molecule has 2 saturated carbocycles. The first-order valence-corrected chi connectivity index (χ1v) is 13.7. The average Bonchev–Trinajstić information content (AvgIpc) is 3.05. The number of aliphatic hydroxyl groups is 1. The number of ether oxygens (including phenoxy) is 1. The van der Waals surface area contributed by atoms with E-state index < -0.39 is 0 Å². The molecule has 1 unspecified atom stereocenters. The fraction of sp³-hybridized carbons (Fsp3) is 0.774. The molecule has 0 amide bonds. The molecule has 0 aliphatic heterocycles. The molecule has 34 heavy (non-hydrogen) atoms. The number of aliphatic hydroxyl groups excluding tert-OH is 1. The number of hydrogen-bond acceptors (Lipinski definition) is 3. The van der Waals surface area contributed by atoms with Crippen LogP contribution in [0, 0.1) is 39.4 Å². The molecule has 0 heterocycles. The topological polar surface area (TPSA) is 46.5 Å².